The Kier molecular flexibility index (Phi) is 3.58. The summed E-state index contributed by atoms with van der Waals surface area (Å²) in [6.45, 7) is 0. The molecular formula is C14H15N5S. The highest BCUT2D eigenvalue weighted by molar-refractivity contribution is 7.98. The van der Waals surface area contributed by atoms with Crippen LogP contribution in [-0.2, 0) is 12.8 Å². The van der Waals surface area contributed by atoms with Crippen molar-refractivity contribution >= 4 is 28.5 Å². The second-order valence-electron chi connectivity index (χ2n) is 4.47. The molecule has 102 valence electrons. The smallest absolute Gasteiger partial charge is 0.144 e. The van der Waals surface area contributed by atoms with Crippen LogP contribution < -0.4 is 11.3 Å². The van der Waals surface area contributed by atoms with E-state index in [9.17, 15) is 0 Å². The second kappa shape index (κ2) is 5.52. The highest BCUT2D eigenvalue weighted by Gasteiger charge is 2.07. The zero-order valence-corrected chi connectivity index (χ0v) is 11.9. The Hall–Kier alpha value is -2.05. The first-order valence-electron chi connectivity index (χ1n) is 6.23. The van der Waals surface area contributed by atoms with Crippen LogP contribution in [0.25, 0.3) is 10.9 Å². The number of hydrazine groups is 1. The standard InChI is InChI=1S/C14H15N5S/c1-19-8-12(7-16-19)20-9-11-6-10-4-2-3-5-13(10)17-14(11)18-15/h2-8H,9,15H2,1H3,(H,17,18). The van der Waals surface area contributed by atoms with Crippen LogP contribution in [-0.4, -0.2) is 14.8 Å². The average molecular weight is 285 g/mol. The molecule has 3 aromatic rings. The van der Waals surface area contributed by atoms with Gasteiger partial charge in [-0.05, 0) is 12.1 Å². The lowest BCUT2D eigenvalue weighted by Gasteiger charge is -2.09. The molecule has 0 spiro atoms. The lowest BCUT2D eigenvalue weighted by Crippen LogP contribution is -2.11. The van der Waals surface area contributed by atoms with Crippen molar-refractivity contribution in [1.29, 1.82) is 0 Å². The van der Waals surface area contributed by atoms with E-state index in [1.165, 1.54) is 0 Å². The van der Waals surface area contributed by atoms with Gasteiger partial charge in [0.05, 0.1) is 11.7 Å². The van der Waals surface area contributed by atoms with E-state index in [1.54, 1.807) is 16.4 Å². The molecule has 0 aliphatic rings. The van der Waals surface area contributed by atoms with E-state index < -0.39 is 0 Å². The van der Waals surface area contributed by atoms with Crippen LogP contribution in [0.1, 0.15) is 5.56 Å². The van der Waals surface area contributed by atoms with Crippen LogP contribution in [0.2, 0.25) is 0 Å². The number of pyridine rings is 1. The first-order chi connectivity index (χ1) is 9.76. The maximum absolute atomic E-state index is 5.58. The van der Waals surface area contributed by atoms with E-state index in [0.717, 1.165) is 32.9 Å². The van der Waals surface area contributed by atoms with Crippen molar-refractivity contribution in [3.63, 3.8) is 0 Å². The van der Waals surface area contributed by atoms with Crippen molar-refractivity contribution in [2.24, 2.45) is 12.9 Å². The Labute approximate surface area is 121 Å². The van der Waals surface area contributed by atoms with Crippen LogP contribution in [0.5, 0.6) is 0 Å². The van der Waals surface area contributed by atoms with Gasteiger partial charge in [-0.25, -0.2) is 10.8 Å². The molecule has 5 nitrogen and oxygen atoms in total. The number of benzene rings is 1. The second-order valence-corrected chi connectivity index (χ2v) is 5.52. The molecule has 0 aliphatic heterocycles. The predicted octanol–water partition coefficient (Wildman–Crippen LogP) is 2.55. The summed E-state index contributed by atoms with van der Waals surface area (Å²) in [6, 6.07) is 10.1. The van der Waals surface area contributed by atoms with Gasteiger partial charge in [0, 0.05) is 34.8 Å². The molecule has 3 rings (SSSR count). The molecular weight excluding hydrogens is 270 g/mol. The van der Waals surface area contributed by atoms with Gasteiger partial charge in [0.15, 0.2) is 0 Å². The van der Waals surface area contributed by atoms with Gasteiger partial charge in [-0.15, -0.1) is 11.8 Å². The van der Waals surface area contributed by atoms with Crippen molar-refractivity contribution in [2.75, 3.05) is 5.43 Å². The number of aryl methyl sites for hydroxylation is 1. The summed E-state index contributed by atoms with van der Waals surface area (Å²) in [5, 5.41) is 5.28. The largest absolute Gasteiger partial charge is 0.308 e. The fourth-order valence-electron chi connectivity index (χ4n) is 2.03. The van der Waals surface area contributed by atoms with Crippen LogP contribution in [0.15, 0.2) is 47.6 Å². The van der Waals surface area contributed by atoms with Crippen LogP contribution in [0.4, 0.5) is 5.82 Å². The van der Waals surface area contributed by atoms with Gasteiger partial charge >= 0.3 is 0 Å². The number of thioether (sulfide) groups is 1. The van der Waals surface area contributed by atoms with Crippen LogP contribution in [0.3, 0.4) is 0 Å². The van der Waals surface area contributed by atoms with Gasteiger partial charge in [0.1, 0.15) is 5.82 Å². The molecule has 0 aliphatic carbocycles. The third-order valence-corrected chi connectivity index (χ3v) is 4.01. The first-order valence-corrected chi connectivity index (χ1v) is 7.21. The van der Waals surface area contributed by atoms with E-state index in [4.69, 9.17) is 5.84 Å². The number of rotatable bonds is 4. The Bertz CT molecular complexity index is 737. The molecule has 0 saturated heterocycles. The summed E-state index contributed by atoms with van der Waals surface area (Å²) in [4.78, 5) is 5.67. The maximum atomic E-state index is 5.58. The fourth-order valence-corrected chi connectivity index (χ4v) is 2.92. The average Bonchev–Trinajstić information content (AvgIpc) is 2.89. The zero-order valence-electron chi connectivity index (χ0n) is 11.1. The van der Waals surface area contributed by atoms with E-state index in [0.29, 0.717) is 0 Å². The molecule has 0 bridgehead atoms. The number of fused-ring (bicyclic) bond motifs is 1. The number of hydrogen-bond donors (Lipinski definition) is 2. The van der Waals surface area contributed by atoms with Gasteiger partial charge in [0.25, 0.3) is 0 Å². The van der Waals surface area contributed by atoms with E-state index in [-0.39, 0.29) is 0 Å². The third kappa shape index (κ3) is 2.61. The molecule has 0 saturated carbocycles. The fraction of sp³-hybridized carbons (Fsp3) is 0.143. The Morgan fingerprint density at radius 1 is 1.35 bits per heavy atom. The molecule has 0 fully saturated rings. The van der Waals surface area contributed by atoms with Crippen LogP contribution in [0, 0.1) is 0 Å². The predicted molar refractivity (Wildman–Crippen MR) is 82.3 cm³/mol. The minimum atomic E-state index is 0.722. The molecule has 2 aromatic heterocycles. The lowest BCUT2D eigenvalue weighted by molar-refractivity contribution is 0.766. The minimum Gasteiger partial charge on any atom is -0.308 e. The minimum absolute atomic E-state index is 0.722. The van der Waals surface area contributed by atoms with Gasteiger partial charge < -0.3 is 5.43 Å². The number of para-hydroxylation sites is 1. The zero-order chi connectivity index (χ0) is 13.9. The maximum Gasteiger partial charge on any atom is 0.144 e. The van der Waals surface area contributed by atoms with E-state index >= 15 is 0 Å². The van der Waals surface area contributed by atoms with Crippen molar-refractivity contribution < 1.29 is 0 Å². The van der Waals surface area contributed by atoms with E-state index in [2.05, 4.69) is 27.6 Å². The van der Waals surface area contributed by atoms with Crippen molar-refractivity contribution in [3.05, 3.63) is 48.3 Å². The van der Waals surface area contributed by atoms with E-state index in [1.807, 2.05) is 37.6 Å². The molecule has 0 radical (unpaired) electrons. The Balaban J connectivity index is 1.89. The first kappa shape index (κ1) is 13.0. The topological polar surface area (TPSA) is 68.8 Å². The number of nitrogens with zero attached hydrogens (tertiary/aromatic N) is 3. The van der Waals surface area contributed by atoms with Gasteiger partial charge in [-0.3, -0.25) is 4.68 Å². The number of anilines is 1. The molecule has 20 heavy (non-hydrogen) atoms. The molecule has 0 atom stereocenters. The van der Waals surface area contributed by atoms with Crippen molar-refractivity contribution in [3.8, 4) is 0 Å². The normalized spacial score (nSPS) is 10.9. The highest BCUT2D eigenvalue weighted by Crippen LogP contribution is 2.27. The third-order valence-electron chi connectivity index (χ3n) is 3.02. The number of aromatic nitrogens is 3. The molecule has 0 unspecified atom stereocenters. The number of nitrogens with one attached hydrogen (secondary N) is 1. The summed E-state index contributed by atoms with van der Waals surface area (Å²) in [7, 11) is 1.91. The van der Waals surface area contributed by atoms with Gasteiger partial charge in [-0.2, -0.15) is 5.10 Å². The Morgan fingerprint density at radius 2 is 2.20 bits per heavy atom. The quantitative estimate of drug-likeness (QED) is 0.438. The summed E-state index contributed by atoms with van der Waals surface area (Å²) >= 11 is 1.71. The molecule has 6 heteroatoms. The van der Waals surface area contributed by atoms with Crippen molar-refractivity contribution in [2.45, 2.75) is 10.6 Å². The summed E-state index contributed by atoms with van der Waals surface area (Å²) in [5.74, 6) is 7.09. The molecule has 3 N–H and O–H groups in total. The van der Waals surface area contributed by atoms with Crippen LogP contribution >= 0.6 is 11.8 Å². The summed E-state index contributed by atoms with van der Waals surface area (Å²) in [5.41, 5.74) is 4.71. The SMILES string of the molecule is Cn1cc(SCc2cc3ccccc3nc2NN)cn1. The number of nitrogen functional groups attached to an aromatic ring is 1. The summed E-state index contributed by atoms with van der Waals surface area (Å²) in [6.07, 6.45) is 3.85. The molecule has 1 aromatic carbocycles. The number of nitrogens with two attached hydrogens (primary N) is 1. The van der Waals surface area contributed by atoms with Gasteiger partial charge in [0.2, 0.25) is 0 Å². The summed E-state index contributed by atoms with van der Waals surface area (Å²) < 4.78 is 1.79. The molecule has 2 heterocycles. The van der Waals surface area contributed by atoms with Gasteiger partial charge in [-0.1, -0.05) is 18.2 Å². The highest BCUT2D eigenvalue weighted by atomic mass is 32.2. The lowest BCUT2D eigenvalue weighted by atomic mass is 10.1. The van der Waals surface area contributed by atoms with Crippen molar-refractivity contribution in [1.82, 2.24) is 14.8 Å². The molecule has 0 amide bonds. The monoisotopic (exact) mass is 285 g/mol. The number of hydrogen-bond acceptors (Lipinski definition) is 5. The Morgan fingerprint density at radius 3 is 2.95 bits per heavy atom.